The lowest BCUT2D eigenvalue weighted by atomic mass is 10.1. The van der Waals surface area contributed by atoms with Crippen molar-refractivity contribution in [3.05, 3.63) is 87.4 Å². The van der Waals surface area contributed by atoms with Gasteiger partial charge in [-0.15, -0.1) is 11.3 Å². The lowest BCUT2D eigenvalue weighted by Gasteiger charge is -2.30. The predicted molar refractivity (Wildman–Crippen MR) is 132 cm³/mol. The summed E-state index contributed by atoms with van der Waals surface area (Å²) in [6, 6.07) is 11.1. The van der Waals surface area contributed by atoms with Crippen LogP contribution in [0.4, 0.5) is 28.0 Å². The first kappa shape index (κ1) is 27.2. The molecule has 1 heterocycles. The van der Waals surface area contributed by atoms with Crippen LogP contribution in [-0.2, 0) is 24.1 Å². The average molecular weight is 522 g/mol. The smallest absolute Gasteiger partial charge is 0.332 e. The molecular formula is C26H27F4N3O2S. The van der Waals surface area contributed by atoms with E-state index < -0.39 is 29.6 Å². The van der Waals surface area contributed by atoms with Crippen LogP contribution < -0.4 is 5.32 Å². The summed E-state index contributed by atoms with van der Waals surface area (Å²) < 4.78 is 53.5. The minimum atomic E-state index is -4.65. The van der Waals surface area contributed by atoms with Crippen molar-refractivity contribution < 1.29 is 27.2 Å². The number of carbonyl (C=O) groups excluding carboxylic acids is 2. The topological polar surface area (TPSA) is 52.7 Å². The summed E-state index contributed by atoms with van der Waals surface area (Å²) in [6.45, 7) is 5.40. The number of alkyl halides is 3. The molecule has 3 rings (SSSR count). The number of benzene rings is 2. The highest BCUT2D eigenvalue weighted by atomic mass is 32.1. The summed E-state index contributed by atoms with van der Waals surface area (Å²) in [6.07, 6.45) is -4.65. The Labute approximate surface area is 211 Å². The molecule has 0 unspecified atom stereocenters. The molecule has 0 bridgehead atoms. The van der Waals surface area contributed by atoms with Gasteiger partial charge in [0.15, 0.2) is 0 Å². The van der Waals surface area contributed by atoms with Crippen molar-refractivity contribution in [2.75, 3.05) is 11.9 Å². The molecule has 36 heavy (non-hydrogen) atoms. The van der Waals surface area contributed by atoms with Gasteiger partial charge in [-0.2, -0.15) is 13.2 Å². The number of aryl methyl sites for hydroxylation is 1. The molecule has 1 aromatic heterocycles. The molecule has 10 heteroatoms. The number of hydrogen-bond acceptors (Lipinski definition) is 3. The van der Waals surface area contributed by atoms with Crippen LogP contribution in [0.2, 0.25) is 0 Å². The van der Waals surface area contributed by atoms with Gasteiger partial charge in [-0.1, -0.05) is 24.3 Å². The van der Waals surface area contributed by atoms with E-state index in [1.165, 1.54) is 46.6 Å². The van der Waals surface area contributed by atoms with Crippen LogP contribution in [-0.4, -0.2) is 34.3 Å². The van der Waals surface area contributed by atoms with E-state index in [-0.39, 0.29) is 31.2 Å². The maximum atomic E-state index is 13.4. The monoisotopic (exact) mass is 521 g/mol. The molecule has 3 aromatic rings. The fourth-order valence-corrected chi connectivity index (χ4v) is 4.46. The van der Waals surface area contributed by atoms with Crippen LogP contribution in [0, 0.1) is 12.7 Å². The number of rotatable bonds is 8. The van der Waals surface area contributed by atoms with Gasteiger partial charge in [0.1, 0.15) is 12.4 Å². The summed E-state index contributed by atoms with van der Waals surface area (Å²) in [7, 11) is 0. The second-order valence-electron chi connectivity index (χ2n) is 8.60. The largest absolute Gasteiger partial charge is 0.418 e. The molecule has 0 radical (unpaired) electrons. The van der Waals surface area contributed by atoms with Gasteiger partial charge in [-0.05, 0) is 67.6 Å². The van der Waals surface area contributed by atoms with Crippen LogP contribution in [0.25, 0.3) is 0 Å². The zero-order valence-electron chi connectivity index (χ0n) is 20.1. The Morgan fingerprint density at radius 2 is 1.67 bits per heavy atom. The molecule has 0 fully saturated rings. The highest BCUT2D eigenvalue weighted by Crippen LogP contribution is 2.34. The molecule has 0 aliphatic rings. The van der Waals surface area contributed by atoms with E-state index in [0.717, 1.165) is 16.5 Å². The molecule has 2 aromatic carbocycles. The van der Waals surface area contributed by atoms with E-state index in [1.807, 2.05) is 18.4 Å². The maximum absolute atomic E-state index is 13.4. The van der Waals surface area contributed by atoms with Gasteiger partial charge < -0.3 is 15.1 Å². The second-order valence-corrected chi connectivity index (χ2v) is 9.60. The standard InChI is InChI=1S/C26H27F4N3O2S/c1-17(2)33(25(35)31-22-7-5-4-6-21(22)26(28,29)30)16-24(34)32(15-23-18(3)12-13-36-23)14-19-8-10-20(27)11-9-19/h4-13,17H,14-16H2,1-3H3,(H,31,35). The van der Waals surface area contributed by atoms with Crippen molar-refractivity contribution in [2.45, 2.75) is 46.1 Å². The van der Waals surface area contributed by atoms with Gasteiger partial charge in [-0.3, -0.25) is 4.79 Å². The number of urea groups is 1. The lowest BCUT2D eigenvalue weighted by molar-refractivity contribution is -0.137. The molecule has 0 spiro atoms. The van der Waals surface area contributed by atoms with Gasteiger partial charge in [0, 0.05) is 17.5 Å². The van der Waals surface area contributed by atoms with Crippen molar-refractivity contribution in [1.82, 2.24) is 9.80 Å². The highest BCUT2D eigenvalue weighted by Gasteiger charge is 2.34. The third kappa shape index (κ3) is 7.07. The zero-order valence-corrected chi connectivity index (χ0v) is 20.9. The summed E-state index contributed by atoms with van der Waals surface area (Å²) in [5.74, 6) is -0.785. The average Bonchev–Trinajstić information content (AvgIpc) is 3.21. The molecular weight excluding hydrogens is 494 g/mol. The molecule has 0 atom stereocenters. The van der Waals surface area contributed by atoms with E-state index in [0.29, 0.717) is 5.56 Å². The fourth-order valence-electron chi connectivity index (χ4n) is 3.54. The summed E-state index contributed by atoms with van der Waals surface area (Å²) in [5, 5.41) is 4.22. The molecule has 192 valence electrons. The van der Waals surface area contributed by atoms with Crippen molar-refractivity contribution in [1.29, 1.82) is 0 Å². The Hall–Kier alpha value is -3.40. The number of amides is 3. The molecule has 0 saturated carbocycles. The number of carbonyl (C=O) groups is 2. The first-order valence-corrected chi connectivity index (χ1v) is 12.1. The number of para-hydroxylation sites is 1. The number of thiophene rings is 1. The van der Waals surface area contributed by atoms with E-state index >= 15 is 0 Å². The summed E-state index contributed by atoms with van der Waals surface area (Å²) in [5.41, 5.74) is 0.364. The molecule has 0 saturated heterocycles. The Morgan fingerprint density at radius 1 is 1.00 bits per heavy atom. The predicted octanol–water partition coefficient (Wildman–Crippen LogP) is 6.69. The number of nitrogens with zero attached hydrogens (tertiary/aromatic N) is 2. The molecule has 5 nitrogen and oxygen atoms in total. The van der Waals surface area contributed by atoms with Gasteiger partial charge in [0.05, 0.1) is 17.8 Å². The number of nitrogens with one attached hydrogen (secondary N) is 1. The van der Waals surface area contributed by atoms with E-state index in [9.17, 15) is 27.2 Å². The normalized spacial score (nSPS) is 11.4. The minimum Gasteiger partial charge on any atom is -0.332 e. The van der Waals surface area contributed by atoms with Crippen LogP contribution in [0.1, 0.15) is 35.4 Å². The number of hydrogen-bond donors (Lipinski definition) is 1. The zero-order chi connectivity index (χ0) is 26.5. The Morgan fingerprint density at radius 3 is 2.25 bits per heavy atom. The van der Waals surface area contributed by atoms with Crippen LogP contribution in [0.15, 0.2) is 60.0 Å². The molecule has 0 aliphatic carbocycles. The molecule has 0 aliphatic heterocycles. The minimum absolute atomic E-state index is 0.181. The highest BCUT2D eigenvalue weighted by molar-refractivity contribution is 7.10. The third-order valence-corrected chi connectivity index (χ3v) is 6.61. The number of anilines is 1. The van der Waals surface area contributed by atoms with Crippen molar-refractivity contribution >= 4 is 29.0 Å². The Bertz CT molecular complexity index is 1190. The van der Waals surface area contributed by atoms with Crippen molar-refractivity contribution in [3.63, 3.8) is 0 Å². The van der Waals surface area contributed by atoms with Gasteiger partial charge >= 0.3 is 12.2 Å². The SMILES string of the molecule is Cc1ccsc1CN(Cc1ccc(F)cc1)C(=O)CN(C(=O)Nc1ccccc1C(F)(F)F)C(C)C. The Kier molecular flexibility index (Phi) is 8.73. The second kappa shape index (κ2) is 11.6. The Balaban J connectivity index is 1.81. The first-order valence-electron chi connectivity index (χ1n) is 11.2. The molecule has 3 amide bonds. The van der Waals surface area contributed by atoms with Crippen LogP contribution in [0.5, 0.6) is 0 Å². The van der Waals surface area contributed by atoms with Crippen LogP contribution in [0.3, 0.4) is 0 Å². The lowest BCUT2D eigenvalue weighted by Crippen LogP contribution is -2.47. The van der Waals surface area contributed by atoms with E-state index in [2.05, 4.69) is 5.32 Å². The van der Waals surface area contributed by atoms with Gasteiger partial charge in [-0.25, -0.2) is 9.18 Å². The summed E-state index contributed by atoms with van der Waals surface area (Å²) >= 11 is 1.49. The molecule has 1 N–H and O–H groups in total. The van der Waals surface area contributed by atoms with E-state index in [1.54, 1.807) is 30.9 Å². The third-order valence-electron chi connectivity index (χ3n) is 5.61. The number of halogens is 4. The van der Waals surface area contributed by atoms with Crippen molar-refractivity contribution in [3.8, 4) is 0 Å². The van der Waals surface area contributed by atoms with Crippen LogP contribution >= 0.6 is 11.3 Å². The van der Waals surface area contributed by atoms with E-state index in [4.69, 9.17) is 0 Å². The quantitative estimate of drug-likeness (QED) is 0.336. The van der Waals surface area contributed by atoms with Gasteiger partial charge in [0.25, 0.3) is 0 Å². The first-order chi connectivity index (χ1) is 17.0. The maximum Gasteiger partial charge on any atom is 0.418 e. The summed E-state index contributed by atoms with van der Waals surface area (Å²) in [4.78, 5) is 30.1. The van der Waals surface area contributed by atoms with Gasteiger partial charge in [0.2, 0.25) is 5.91 Å². The van der Waals surface area contributed by atoms with Crippen molar-refractivity contribution in [2.24, 2.45) is 0 Å². The fraction of sp³-hybridized carbons (Fsp3) is 0.308.